The number of aryl methyl sites for hydroxylation is 4. The average Bonchev–Trinajstić information content (AvgIpc) is 1.57. The standard InChI is InChI=1S/C22H27ClN8O.C22H22F3N7O4.C21H24ClN5.CH4/c1-15-11-16(2)31(28-15)22-26-19(24-18-6-4-5-17(23)12-18)13-20(27-22)25-21(32)14-30-9-7-29(3)8-10-30;1-2-14-16(34)17(35)20(36-14)31-10-26-15-18(28-13-5-3-12(4-6-13)22(23,24)25)29-21(30-19(15)31)32-8-11(9-33)7-27-32;1-15-12-16(2)27(25-15)21-23-19(13-17-6-8-18(22)9-7-17)14-20(24-21)26-10-4-3-5-11-26;/h4-6,11-13H,7-10,14H2,1-3H3,(H2,24,25,26,27,32);3-8,10,14,16-17,20,33-35H,2,9H2,1H3,(H,28,29,30);6-9,12,14H,3-5,10-11,13H2,1-2H3;1H4/t;14-,16-,17-,20-;;/m.1../s1. The van der Waals surface area contributed by atoms with Crippen LogP contribution in [0.15, 0.2) is 116 Å². The fourth-order valence-electron chi connectivity index (χ4n) is 11.2. The number of benzene rings is 3. The molecule has 0 aliphatic carbocycles. The Morgan fingerprint density at radius 3 is 2.00 bits per heavy atom. The minimum absolute atomic E-state index is 0. The second-order valence-corrected chi connectivity index (χ2v) is 24.4. The fourth-order valence-corrected chi connectivity index (χ4v) is 11.5. The van der Waals surface area contributed by atoms with Crippen molar-refractivity contribution in [2.24, 2.45) is 0 Å². The molecule has 10 heterocycles. The smallest absolute Gasteiger partial charge is 0.392 e. The molecule has 25 nitrogen and oxygen atoms in total. The van der Waals surface area contributed by atoms with E-state index in [1.165, 1.54) is 64.9 Å². The molecule has 7 aromatic heterocycles. The summed E-state index contributed by atoms with van der Waals surface area (Å²) in [4.78, 5) is 51.6. The van der Waals surface area contributed by atoms with Crippen LogP contribution in [0.2, 0.25) is 10.0 Å². The largest absolute Gasteiger partial charge is 0.416 e. The Kier molecular flexibility index (Phi) is 22.4. The van der Waals surface area contributed by atoms with Crippen molar-refractivity contribution in [2.75, 3.05) is 73.7 Å². The van der Waals surface area contributed by atoms with Gasteiger partial charge in [0.05, 0.1) is 54.4 Å². The lowest BCUT2D eigenvalue weighted by molar-refractivity contribution is -0.137. The molecule has 1 amide bonds. The van der Waals surface area contributed by atoms with Crippen LogP contribution < -0.4 is 20.9 Å². The number of nitrogens with one attached hydrogen (secondary N) is 3. The Morgan fingerprint density at radius 2 is 1.39 bits per heavy atom. The van der Waals surface area contributed by atoms with Crippen molar-refractivity contribution in [3.8, 4) is 17.8 Å². The second kappa shape index (κ2) is 30.8. The van der Waals surface area contributed by atoms with E-state index in [1.54, 1.807) is 22.9 Å². The third-order valence-corrected chi connectivity index (χ3v) is 16.6. The zero-order chi connectivity index (χ0) is 67.1. The van der Waals surface area contributed by atoms with E-state index in [4.69, 9.17) is 37.9 Å². The van der Waals surface area contributed by atoms with Crippen LogP contribution in [-0.4, -0.2) is 171 Å². The molecular formula is C66H77Cl2F3N20O5. The molecule has 3 aliphatic heterocycles. The van der Waals surface area contributed by atoms with Gasteiger partial charge in [0.2, 0.25) is 5.91 Å². The molecule has 30 heteroatoms. The zero-order valence-corrected chi connectivity index (χ0v) is 54.6. The van der Waals surface area contributed by atoms with Crippen molar-refractivity contribution in [3.05, 3.63) is 171 Å². The van der Waals surface area contributed by atoms with E-state index >= 15 is 0 Å². The van der Waals surface area contributed by atoms with Gasteiger partial charge in [0, 0.05) is 102 Å². The number of aliphatic hydroxyl groups excluding tert-OH is 3. The predicted octanol–water partition coefficient (Wildman–Crippen LogP) is 10.3. The lowest BCUT2D eigenvalue weighted by atomic mass is 10.1. The number of aliphatic hydroxyl groups is 3. The summed E-state index contributed by atoms with van der Waals surface area (Å²) in [6.07, 6.45) is 0.857. The molecule has 96 heavy (non-hydrogen) atoms. The van der Waals surface area contributed by atoms with Crippen LogP contribution in [0.3, 0.4) is 0 Å². The van der Waals surface area contributed by atoms with Gasteiger partial charge in [0.15, 0.2) is 23.2 Å². The van der Waals surface area contributed by atoms with Gasteiger partial charge >= 0.3 is 6.18 Å². The Balaban J connectivity index is 0.000000157. The SMILES string of the molecule is C.CC[C@H]1O[C@@H](n2cnc3c(Nc4ccc(C(F)(F)F)cc4)nc(-n4cc(CO)cn4)nc32)[C@H](O)[C@@H]1O.Cc1cc(C)n(-c2nc(Cc3ccc(Cl)cc3)cc(N3CCCCC3)n2)n1.Cc1cc(C)n(-c2nc(NC(=O)CN3CCN(C)CC3)cc(Nc3cccc(Cl)c3)n2)n1. The van der Waals surface area contributed by atoms with E-state index in [0.29, 0.717) is 52.8 Å². The summed E-state index contributed by atoms with van der Waals surface area (Å²) >= 11 is 12.1. The molecule has 4 atom stereocenters. The molecule has 3 saturated heterocycles. The molecule has 506 valence electrons. The van der Waals surface area contributed by atoms with Gasteiger partial charge < -0.3 is 45.8 Å². The van der Waals surface area contributed by atoms with Crippen LogP contribution in [0.1, 0.15) is 91.4 Å². The first-order chi connectivity index (χ1) is 45.6. The summed E-state index contributed by atoms with van der Waals surface area (Å²) < 4.78 is 51.0. The van der Waals surface area contributed by atoms with Crippen molar-refractivity contribution >= 4 is 74.9 Å². The number of alkyl halides is 3. The van der Waals surface area contributed by atoms with E-state index < -0.39 is 36.3 Å². The van der Waals surface area contributed by atoms with Gasteiger partial charge in [-0.15, -0.1) is 0 Å². The minimum atomic E-state index is -4.47. The molecule has 3 fully saturated rings. The summed E-state index contributed by atoms with van der Waals surface area (Å²) in [6.45, 7) is 15.5. The van der Waals surface area contributed by atoms with Gasteiger partial charge in [-0.05, 0) is 133 Å². The molecule has 0 bridgehead atoms. The Morgan fingerprint density at radius 1 is 0.708 bits per heavy atom. The van der Waals surface area contributed by atoms with E-state index in [0.717, 1.165) is 103 Å². The molecule has 13 rings (SSSR count). The van der Waals surface area contributed by atoms with Crippen molar-refractivity contribution < 1.29 is 38.0 Å². The molecule has 0 radical (unpaired) electrons. The first-order valence-electron chi connectivity index (χ1n) is 31.1. The molecule has 10 aromatic rings. The summed E-state index contributed by atoms with van der Waals surface area (Å²) in [5, 5.41) is 54.0. The van der Waals surface area contributed by atoms with Gasteiger partial charge in [-0.1, -0.05) is 55.8 Å². The van der Waals surface area contributed by atoms with Crippen molar-refractivity contribution in [2.45, 2.75) is 111 Å². The number of hydrogen-bond donors (Lipinski definition) is 6. The number of piperazine rings is 1. The highest BCUT2D eigenvalue weighted by molar-refractivity contribution is 6.31. The van der Waals surface area contributed by atoms with Crippen LogP contribution >= 0.6 is 23.2 Å². The first kappa shape index (κ1) is 69.8. The van der Waals surface area contributed by atoms with E-state index in [-0.39, 0.29) is 42.9 Å². The van der Waals surface area contributed by atoms with Gasteiger partial charge in [-0.2, -0.15) is 53.4 Å². The fraction of sp³-hybridized carbons (Fsp3) is 0.379. The Bertz CT molecular complexity index is 4270. The number of likely N-dealkylation sites (N-methyl/N-ethyl adjacent to an activating group) is 1. The summed E-state index contributed by atoms with van der Waals surface area (Å²) in [5.41, 5.74) is 7.24. The number of hydrogen-bond acceptors (Lipinski definition) is 20. The van der Waals surface area contributed by atoms with E-state index in [2.05, 4.69) is 90.0 Å². The highest BCUT2D eigenvalue weighted by atomic mass is 35.5. The van der Waals surface area contributed by atoms with Gasteiger partial charge in [-0.25, -0.2) is 24.0 Å². The topological polar surface area (TPSA) is 281 Å². The van der Waals surface area contributed by atoms with Crippen molar-refractivity contribution in [3.63, 3.8) is 0 Å². The normalized spacial score (nSPS) is 17.5. The number of anilines is 6. The van der Waals surface area contributed by atoms with Gasteiger partial charge in [-0.3, -0.25) is 14.3 Å². The number of fused-ring (bicyclic) bond motifs is 1. The Hall–Kier alpha value is -9.00. The maximum absolute atomic E-state index is 13.0. The number of ether oxygens (including phenoxy) is 1. The van der Waals surface area contributed by atoms with Crippen LogP contribution in [0.4, 0.5) is 47.8 Å². The highest BCUT2D eigenvalue weighted by Gasteiger charge is 2.43. The highest BCUT2D eigenvalue weighted by Crippen LogP contribution is 2.36. The summed E-state index contributed by atoms with van der Waals surface area (Å²) in [5.74, 6) is 3.07. The number of piperidine rings is 1. The monoisotopic (exact) mass is 1360 g/mol. The van der Waals surface area contributed by atoms with Crippen LogP contribution in [-0.2, 0) is 28.7 Å². The molecule has 6 N–H and O–H groups in total. The number of carbonyl (C=O) groups excluding carboxylic acids is 1. The predicted molar refractivity (Wildman–Crippen MR) is 361 cm³/mol. The van der Waals surface area contributed by atoms with Crippen molar-refractivity contribution in [1.82, 2.24) is 78.6 Å². The lowest BCUT2D eigenvalue weighted by Crippen LogP contribution is -2.47. The first-order valence-corrected chi connectivity index (χ1v) is 31.8. The zero-order valence-electron chi connectivity index (χ0n) is 53.1. The van der Waals surface area contributed by atoms with Crippen molar-refractivity contribution in [1.29, 1.82) is 0 Å². The number of halogens is 5. The van der Waals surface area contributed by atoms with Gasteiger partial charge in [0.1, 0.15) is 29.7 Å². The maximum Gasteiger partial charge on any atom is 0.416 e. The van der Waals surface area contributed by atoms with Gasteiger partial charge in [0.25, 0.3) is 17.8 Å². The van der Waals surface area contributed by atoms with E-state index in [9.17, 15) is 33.3 Å². The van der Waals surface area contributed by atoms with Crippen LogP contribution in [0, 0.1) is 27.7 Å². The molecule has 3 aliphatic rings. The number of imidazole rings is 1. The quantitative estimate of drug-likeness (QED) is 0.0524. The summed E-state index contributed by atoms with van der Waals surface area (Å²) in [6, 6.07) is 27.5. The number of nitrogens with zero attached hydrogens (tertiary/aromatic N) is 17. The Labute approximate surface area is 563 Å². The number of rotatable bonds is 16. The number of amides is 1. The average molecular weight is 1360 g/mol. The van der Waals surface area contributed by atoms with E-state index in [1.807, 2.05) is 81.8 Å². The third kappa shape index (κ3) is 17.2. The molecule has 0 spiro atoms. The number of carbonyl (C=O) groups is 1. The molecule has 0 saturated carbocycles. The third-order valence-electron chi connectivity index (χ3n) is 16.1. The second-order valence-electron chi connectivity index (χ2n) is 23.5. The minimum Gasteiger partial charge on any atom is -0.392 e. The lowest BCUT2D eigenvalue weighted by Gasteiger charge is -2.31. The summed E-state index contributed by atoms with van der Waals surface area (Å²) in [7, 11) is 2.09. The molecule has 3 aromatic carbocycles. The number of aromatic nitrogens is 14. The molecular weight excluding hydrogens is 1280 g/mol. The maximum atomic E-state index is 13.0. The van der Waals surface area contributed by atoms with Crippen LogP contribution in [0.5, 0.6) is 0 Å². The molecule has 0 unspecified atom stereocenters. The van der Waals surface area contributed by atoms with Crippen LogP contribution in [0.25, 0.3) is 29.0 Å².